The van der Waals surface area contributed by atoms with Crippen molar-refractivity contribution in [3.8, 4) is 0 Å². The number of aryl methyl sites for hydroxylation is 1. The van der Waals surface area contributed by atoms with Crippen LogP contribution in [0.3, 0.4) is 0 Å². The van der Waals surface area contributed by atoms with Gasteiger partial charge in [-0.3, -0.25) is 14.3 Å². The molecule has 0 bridgehead atoms. The molecule has 33 heavy (non-hydrogen) atoms. The van der Waals surface area contributed by atoms with E-state index < -0.39 is 5.60 Å². The van der Waals surface area contributed by atoms with E-state index in [0.717, 1.165) is 16.9 Å². The van der Waals surface area contributed by atoms with Gasteiger partial charge in [0.1, 0.15) is 0 Å². The van der Waals surface area contributed by atoms with E-state index in [-0.39, 0.29) is 30.2 Å². The minimum atomic E-state index is -1.01. The van der Waals surface area contributed by atoms with Crippen molar-refractivity contribution in [1.29, 1.82) is 0 Å². The molecule has 8 heteroatoms. The molecule has 0 aliphatic carbocycles. The molecule has 1 saturated heterocycles. The lowest BCUT2D eigenvalue weighted by molar-refractivity contribution is -0.136. The van der Waals surface area contributed by atoms with E-state index in [2.05, 4.69) is 31.2 Å². The number of nitrogens with one attached hydrogen (secondary N) is 1. The number of hydrogen-bond donors (Lipinski definition) is 2. The Morgan fingerprint density at radius 3 is 2.48 bits per heavy atom. The smallest absolute Gasteiger partial charge is 0.278 e. The Balaban J connectivity index is 1.34. The minimum Gasteiger partial charge on any atom is -0.388 e. The van der Waals surface area contributed by atoms with Gasteiger partial charge in [-0.25, -0.2) is 0 Å². The van der Waals surface area contributed by atoms with Crippen molar-refractivity contribution in [2.24, 2.45) is 7.05 Å². The molecule has 1 aromatic heterocycles. The third kappa shape index (κ3) is 4.76. The second kappa shape index (κ2) is 9.17. The van der Waals surface area contributed by atoms with Crippen molar-refractivity contribution < 1.29 is 14.7 Å². The van der Waals surface area contributed by atoms with Crippen molar-refractivity contribution in [3.63, 3.8) is 0 Å². The number of amides is 2. The maximum Gasteiger partial charge on any atom is 0.278 e. The Kier molecular flexibility index (Phi) is 6.47. The van der Waals surface area contributed by atoms with E-state index in [1.807, 2.05) is 42.3 Å². The Hall–Kier alpha value is -2.87. The number of hydrogen-bond acceptors (Lipinski definition) is 5. The first kappa shape index (κ1) is 23.3. The zero-order valence-corrected chi connectivity index (χ0v) is 20.0. The van der Waals surface area contributed by atoms with Crippen molar-refractivity contribution in [2.45, 2.75) is 57.5 Å². The molecule has 0 unspecified atom stereocenters. The molecule has 2 aliphatic rings. The Bertz CT molecular complexity index is 1010. The summed E-state index contributed by atoms with van der Waals surface area (Å²) in [6, 6.07) is 10.1. The van der Waals surface area contributed by atoms with Crippen LogP contribution in [0.25, 0.3) is 0 Å². The van der Waals surface area contributed by atoms with Crippen molar-refractivity contribution in [1.82, 2.24) is 19.6 Å². The summed E-state index contributed by atoms with van der Waals surface area (Å²) >= 11 is 0. The highest BCUT2D eigenvalue weighted by Gasteiger charge is 2.39. The summed E-state index contributed by atoms with van der Waals surface area (Å²) in [5, 5.41) is 19.0. The normalized spacial score (nSPS) is 18.8. The van der Waals surface area contributed by atoms with Crippen molar-refractivity contribution >= 4 is 17.5 Å². The van der Waals surface area contributed by atoms with E-state index in [0.29, 0.717) is 44.7 Å². The van der Waals surface area contributed by atoms with E-state index in [4.69, 9.17) is 0 Å². The third-order valence-corrected chi connectivity index (χ3v) is 6.96. The van der Waals surface area contributed by atoms with Gasteiger partial charge in [-0.15, -0.1) is 0 Å². The average molecular weight is 454 g/mol. The maximum absolute atomic E-state index is 13.1. The van der Waals surface area contributed by atoms with Crippen LogP contribution in [0.5, 0.6) is 0 Å². The second-order valence-electron chi connectivity index (χ2n) is 9.85. The average Bonchev–Trinajstić information content (AvgIpc) is 3.13. The predicted octanol–water partition coefficient (Wildman–Crippen LogP) is 2.92. The van der Waals surface area contributed by atoms with Crippen molar-refractivity contribution in [2.75, 3.05) is 31.6 Å². The second-order valence-corrected chi connectivity index (χ2v) is 9.85. The molecule has 2 amide bonds. The number of carbonyl (C=O) groups is 2. The summed E-state index contributed by atoms with van der Waals surface area (Å²) in [5.74, 6) is 0.354. The van der Waals surface area contributed by atoms with Crippen LogP contribution < -0.4 is 5.32 Å². The molecule has 8 nitrogen and oxygen atoms in total. The Morgan fingerprint density at radius 2 is 1.85 bits per heavy atom. The molecule has 0 saturated carbocycles. The standard InChI is InChI=1S/C25H35N5O3/c1-17(2)23-21-22(27-28(23)4)24(32)30(16-26-21)15-25(33)10-12-29(13-11-25)20(31)14-18(3)19-8-6-5-7-9-19/h5-9,17-18,26,33H,10-16H2,1-4H3/t18-/m1/s1. The number of carbonyl (C=O) groups excluding carboxylic acids is 2. The number of rotatable bonds is 6. The number of fused-ring (bicyclic) bond motifs is 1. The number of anilines is 1. The Morgan fingerprint density at radius 1 is 1.18 bits per heavy atom. The zero-order valence-electron chi connectivity index (χ0n) is 20.0. The molecule has 1 atom stereocenters. The first-order valence-corrected chi connectivity index (χ1v) is 11.8. The maximum atomic E-state index is 13.1. The number of nitrogens with zero attached hydrogens (tertiary/aromatic N) is 4. The van der Waals surface area contributed by atoms with Crippen LogP contribution in [0.2, 0.25) is 0 Å². The first-order valence-electron chi connectivity index (χ1n) is 11.8. The molecule has 0 spiro atoms. The molecule has 1 aromatic carbocycles. The number of aliphatic hydroxyl groups is 1. The van der Waals surface area contributed by atoms with Crippen LogP contribution in [0, 0.1) is 0 Å². The fraction of sp³-hybridized carbons (Fsp3) is 0.560. The summed E-state index contributed by atoms with van der Waals surface area (Å²) in [5.41, 5.74) is 2.37. The van der Waals surface area contributed by atoms with Gasteiger partial charge in [0.05, 0.1) is 30.2 Å². The summed E-state index contributed by atoms with van der Waals surface area (Å²) < 4.78 is 1.76. The predicted molar refractivity (Wildman–Crippen MR) is 127 cm³/mol. The van der Waals surface area contributed by atoms with Gasteiger partial charge < -0.3 is 20.2 Å². The van der Waals surface area contributed by atoms with Gasteiger partial charge in [-0.2, -0.15) is 5.10 Å². The molecule has 2 aromatic rings. The van der Waals surface area contributed by atoms with Crippen LogP contribution in [0.1, 0.15) is 73.6 Å². The van der Waals surface area contributed by atoms with E-state index in [1.165, 1.54) is 0 Å². The summed E-state index contributed by atoms with van der Waals surface area (Å²) in [7, 11) is 1.85. The van der Waals surface area contributed by atoms with Crippen LogP contribution in [-0.2, 0) is 11.8 Å². The SMILES string of the molecule is CC(C)c1c2c(nn1C)C(=O)N(CC1(O)CCN(C(=O)C[C@@H](C)c3ccccc3)CC1)CN2. The lowest BCUT2D eigenvalue weighted by atomic mass is 9.89. The van der Waals surface area contributed by atoms with Crippen LogP contribution in [0.4, 0.5) is 5.69 Å². The fourth-order valence-corrected chi connectivity index (χ4v) is 5.02. The Labute approximate surface area is 195 Å². The summed E-state index contributed by atoms with van der Waals surface area (Å²) in [4.78, 5) is 29.4. The highest BCUT2D eigenvalue weighted by Crippen LogP contribution is 2.32. The minimum absolute atomic E-state index is 0.114. The highest BCUT2D eigenvalue weighted by atomic mass is 16.3. The number of β-amino-alcohol motifs (C(OH)–C–C–N with tert-alkyl or cyclic N) is 1. The molecule has 2 N–H and O–H groups in total. The molecule has 3 heterocycles. The van der Waals surface area contributed by atoms with Gasteiger partial charge in [0.25, 0.3) is 5.91 Å². The topological polar surface area (TPSA) is 90.7 Å². The van der Waals surface area contributed by atoms with Gasteiger partial charge in [-0.1, -0.05) is 51.1 Å². The fourth-order valence-electron chi connectivity index (χ4n) is 5.02. The number of likely N-dealkylation sites (tertiary alicyclic amines) is 1. The molecule has 0 radical (unpaired) electrons. The van der Waals surface area contributed by atoms with Gasteiger partial charge in [0.2, 0.25) is 5.91 Å². The van der Waals surface area contributed by atoms with E-state index in [9.17, 15) is 14.7 Å². The van der Waals surface area contributed by atoms with Crippen LogP contribution in [-0.4, -0.2) is 68.4 Å². The molecular formula is C25H35N5O3. The van der Waals surface area contributed by atoms with Crippen molar-refractivity contribution in [3.05, 3.63) is 47.3 Å². The van der Waals surface area contributed by atoms with E-state index in [1.54, 1.807) is 9.58 Å². The number of benzene rings is 1. The lowest BCUT2D eigenvalue weighted by Crippen LogP contribution is -2.55. The van der Waals surface area contributed by atoms with Gasteiger partial charge >= 0.3 is 0 Å². The molecule has 178 valence electrons. The molecule has 4 rings (SSSR count). The van der Waals surface area contributed by atoms with Crippen LogP contribution >= 0.6 is 0 Å². The van der Waals surface area contributed by atoms with E-state index >= 15 is 0 Å². The molecular weight excluding hydrogens is 418 g/mol. The van der Waals surface area contributed by atoms with Gasteiger partial charge in [-0.05, 0) is 30.2 Å². The quantitative estimate of drug-likeness (QED) is 0.702. The molecule has 2 aliphatic heterocycles. The number of aromatic nitrogens is 2. The monoisotopic (exact) mass is 453 g/mol. The summed E-state index contributed by atoms with van der Waals surface area (Å²) in [6.07, 6.45) is 1.36. The van der Waals surface area contributed by atoms with Gasteiger partial charge in [0, 0.05) is 26.6 Å². The number of piperidine rings is 1. The lowest BCUT2D eigenvalue weighted by Gasteiger charge is -2.41. The van der Waals surface area contributed by atoms with Gasteiger partial charge in [0.15, 0.2) is 5.69 Å². The largest absolute Gasteiger partial charge is 0.388 e. The first-order chi connectivity index (χ1) is 15.7. The summed E-state index contributed by atoms with van der Waals surface area (Å²) in [6.45, 7) is 7.80. The molecule has 1 fully saturated rings. The third-order valence-electron chi connectivity index (χ3n) is 6.96. The highest BCUT2D eigenvalue weighted by molar-refractivity contribution is 6.00. The van der Waals surface area contributed by atoms with Crippen LogP contribution in [0.15, 0.2) is 30.3 Å². The zero-order chi connectivity index (χ0) is 23.8.